The normalized spacial score (nSPS) is 18.1. The molecule has 1 N–H and O–H groups in total. The van der Waals surface area contributed by atoms with E-state index >= 15 is 0 Å². The van der Waals surface area contributed by atoms with Crippen molar-refractivity contribution in [2.75, 3.05) is 19.6 Å². The van der Waals surface area contributed by atoms with Gasteiger partial charge in [-0.25, -0.2) is 4.39 Å². The van der Waals surface area contributed by atoms with Gasteiger partial charge in [-0.3, -0.25) is 0 Å². The number of hydrogen-bond acceptors (Lipinski definition) is 2. The number of likely N-dealkylation sites (tertiary alicyclic amines) is 1. The van der Waals surface area contributed by atoms with Crippen molar-refractivity contribution in [3.8, 4) is 0 Å². The molecule has 0 radical (unpaired) electrons. The van der Waals surface area contributed by atoms with Crippen LogP contribution >= 0.6 is 0 Å². The Hall–Kier alpha value is -1.14. The zero-order valence-electron chi connectivity index (χ0n) is 12.0. The maximum Gasteiger partial charge on any atom is 0.416 e. The highest BCUT2D eigenvalue weighted by atomic mass is 19.4. The first-order valence-corrected chi connectivity index (χ1v) is 7.17. The van der Waals surface area contributed by atoms with Crippen LogP contribution in [-0.4, -0.2) is 30.6 Å². The average molecular weight is 304 g/mol. The number of halogens is 4. The highest BCUT2D eigenvalue weighted by Gasteiger charge is 2.31. The van der Waals surface area contributed by atoms with Crippen molar-refractivity contribution in [3.63, 3.8) is 0 Å². The molecule has 21 heavy (non-hydrogen) atoms. The van der Waals surface area contributed by atoms with Crippen LogP contribution in [0.2, 0.25) is 0 Å². The van der Waals surface area contributed by atoms with E-state index in [2.05, 4.69) is 10.2 Å². The van der Waals surface area contributed by atoms with Crippen molar-refractivity contribution in [2.45, 2.75) is 38.5 Å². The van der Waals surface area contributed by atoms with Crippen LogP contribution in [0.1, 0.15) is 30.9 Å². The summed E-state index contributed by atoms with van der Waals surface area (Å²) in [5, 5.41) is 3.10. The van der Waals surface area contributed by atoms with Crippen molar-refractivity contribution < 1.29 is 17.6 Å². The fourth-order valence-corrected chi connectivity index (χ4v) is 2.59. The first kappa shape index (κ1) is 16.2. The summed E-state index contributed by atoms with van der Waals surface area (Å²) >= 11 is 0. The van der Waals surface area contributed by atoms with Crippen molar-refractivity contribution >= 4 is 0 Å². The fraction of sp³-hybridized carbons (Fsp3) is 0.600. The van der Waals surface area contributed by atoms with Crippen LogP contribution in [0.15, 0.2) is 18.2 Å². The molecular weight excluding hydrogens is 284 g/mol. The molecule has 1 aromatic rings. The summed E-state index contributed by atoms with van der Waals surface area (Å²) in [6, 6.07) is 2.64. The second kappa shape index (κ2) is 6.75. The number of nitrogens with zero attached hydrogens (tertiary/aromatic N) is 1. The molecule has 0 bridgehead atoms. The summed E-state index contributed by atoms with van der Waals surface area (Å²) in [6.45, 7) is 5.02. The largest absolute Gasteiger partial charge is 0.416 e. The lowest BCUT2D eigenvalue weighted by Gasteiger charge is -2.21. The van der Waals surface area contributed by atoms with Crippen molar-refractivity contribution in [3.05, 3.63) is 35.1 Å². The molecule has 2 rings (SSSR count). The van der Waals surface area contributed by atoms with E-state index in [1.165, 1.54) is 12.8 Å². The molecule has 1 aliphatic heterocycles. The molecule has 1 atom stereocenters. The average Bonchev–Trinajstić information content (AvgIpc) is 2.89. The molecule has 0 spiro atoms. The number of alkyl halides is 3. The van der Waals surface area contributed by atoms with Gasteiger partial charge < -0.3 is 10.2 Å². The lowest BCUT2D eigenvalue weighted by atomic mass is 10.1. The van der Waals surface area contributed by atoms with Crippen molar-refractivity contribution in [1.29, 1.82) is 0 Å². The monoisotopic (exact) mass is 304 g/mol. The molecule has 1 heterocycles. The van der Waals surface area contributed by atoms with Crippen LogP contribution in [0.25, 0.3) is 0 Å². The Bertz CT molecular complexity index is 467. The van der Waals surface area contributed by atoms with Crippen LogP contribution in [0.4, 0.5) is 17.6 Å². The molecule has 0 aromatic heterocycles. The Kier molecular flexibility index (Phi) is 5.22. The van der Waals surface area contributed by atoms with Gasteiger partial charge in [0.1, 0.15) is 5.82 Å². The lowest BCUT2D eigenvalue weighted by molar-refractivity contribution is -0.137. The molecule has 0 saturated carbocycles. The molecule has 1 fully saturated rings. The first-order valence-electron chi connectivity index (χ1n) is 7.17. The molecule has 0 aliphatic carbocycles. The van der Waals surface area contributed by atoms with Crippen LogP contribution in [0.3, 0.4) is 0 Å². The van der Waals surface area contributed by atoms with Gasteiger partial charge in [0, 0.05) is 24.7 Å². The van der Waals surface area contributed by atoms with Gasteiger partial charge in [0.2, 0.25) is 0 Å². The number of hydrogen-bond donors (Lipinski definition) is 1. The van der Waals surface area contributed by atoms with Gasteiger partial charge >= 0.3 is 6.18 Å². The Morgan fingerprint density at radius 1 is 1.24 bits per heavy atom. The summed E-state index contributed by atoms with van der Waals surface area (Å²) < 4.78 is 51.5. The third-order valence-electron chi connectivity index (χ3n) is 3.74. The molecule has 118 valence electrons. The van der Waals surface area contributed by atoms with E-state index in [1.807, 2.05) is 6.92 Å². The van der Waals surface area contributed by atoms with Gasteiger partial charge in [0.05, 0.1) is 5.56 Å². The Morgan fingerprint density at radius 2 is 1.90 bits per heavy atom. The highest BCUT2D eigenvalue weighted by molar-refractivity contribution is 5.27. The predicted octanol–water partition coefficient (Wildman–Crippen LogP) is 3.42. The smallest absolute Gasteiger partial charge is 0.309 e. The molecule has 1 aromatic carbocycles. The Morgan fingerprint density at radius 3 is 2.52 bits per heavy atom. The molecule has 0 amide bonds. The topological polar surface area (TPSA) is 15.3 Å². The van der Waals surface area contributed by atoms with Crippen LogP contribution in [0.5, 0.6) is 0 Å². The molecule has 1 saturated heterocycles. The number of rotatable bonds is 5. The van der Waals surface area contributed by atoms with E-state index in [1.54, 1.807) is 0 Å². The summed E-state index contributed by atoms with van der Waals surface area (Å²) in [6.07, 6.45) is -2.06. The summed E-state index contributed by atoms with van der Waals surface area (Å²) in [7, 11) is 0. The minimum atomic E-state index is -4.44. The quantitative estimate of drug-likeness (QED) is 0.839. The van der Waals surface area contributed by atoms with E-state index in [0.717, 1.165) is 37.8 Å². The van der Waals surface area contributed by atoms with Crippen LogP contribution in [0, 0.1) is 5.82 Å². The molecular formula is C15H20F4N2. The van der Waals surface area contributed by atoms with E-state index in [-0.39, 0.29) is 18.2 Å². The van der Waals surface area contributed by atoms with Gasteiger partial charge in [-0.15, -0.1) is 0 Å². The zero-order valence-corrected chi connectivity index (χ0v) is 12.0. The maximum absolute atomic E-state index is 13.6. The van der Waals surface area contributed by atoms with Crippen LogP contribution < -0.4 is 5.32 Å². The van der Waals surface area contributed by atoms with Gasteiger partial charge in [-0.2, -0.15) is 13.2 Å². The zero-order chi connectivity index (χ0) is 15.5. The third kappa shape index (κ3) is 4.68. The van der Waals surface area contributed by atoms with Gasteiger partial charge in [0.15, 0.2) is 0 Å². The second-order valence-electron chi connectivity index (χ2n) is 5.59. The fourth-order valence-electron chi connectivity index (χ4n) is 2.59. The molecule has 1 unspecified atom stereocenters. The molecule has 1 aliphatic rings. The lowest BCUT2D eigenvalue weighted by Crippen LogP contribution is -2.37. The van der Waals surface area contributed by atoms with Crippen molar-refractivity contribution in [2.24, 2.45) is 0 Å². The van der Waals surface area contributed by atoms with Crippen molar-refractivity contribution in [1.82, 2.24) is 10.2 Å². The van der Waals surface area contributed by atoms with E-state index in [9.17, 15) is 17.6 Å². The van der Waals surface area contributed by atoms with Crippen LogP contribution in [-0.2, 0) is 12.7 Å². The molecule has 2 nitrogen and oxygen atoms in total. The first-order chi connectivity index (χ1) is 9.86. The highest BCUT2D eigenvalue weighted by Crippen LogP contribution is 2.30. The number of nitrogens with one attached hydrogen (secondary N) is 1. The number of benzene rings is 1. The maximum atomic E-state index is 13.6. The summed E-state index contributed by atoms with van der Waals surface area (Å²) in [5.74, 6) is -0.608. The summed E-state index contributed by atoms with van der Waals surface area (Å²) in [4.78, 5) is 2.31. The molecule has 6 heteroatoms. The Labute approximate surface area is 122 Å². The predicted molar refractivity (Wildman–Crippen MR) is 73.4 cm³/mol. The van der Waals surface area contributed by atoms with Gasteiger partial charge in [-0.05, 0) is 51.1 Å². The minimum Gasteiger partial charge on any atom is -0.309 e. The summed E-state index contributed by atoms with van der Waals surface area (Å²) in [5.41, 5.74) is -0.758. The van der Waals surface area contributed by atoms with Gasteiger partial charge in [0.25, 0.3) is 0 Å². The third-order valence-corrected chi connectivity index (χ3v) is 3.74. The standard InChI is InChI=1S/C15H20F4N2/c1-11(10-21-6-2-3-7-21)20-9-12-8-13(15(17,18)19)4-5-14(12)16/h4-5,8,11,20H,2-3,6-7,9-10H2,1H3. The van der Waals surface area contributed by atoms with E-state index < -0.39 is 17.6 Å². The SMILES string of the molecule is CC(CN1CCCC1)NCc1cc(C(F)(F)F)ccc1F. The van der Waals surface area contributed by atoms with E-state index in [4.69, 9.17) is 0 Å². The Balaban J connectivity index is 1.92. The van der Waals surface area contributed by atoms with E-state index in [0.29, 0.717) is 0 Å². The van der Waals surface area contributed by atoms with Gasteiger partial charge in [-0.1, -0.05) is 0 Å². The minimum absolute atomic E-state index is 0.0538. The second-order valence-corrected chi connectivity index (χ2v) is 5.59.